The van der Waals surface area contributed by atoms with Gasteiger partial charge in [0.2, 0.25) is 0 Å². The molecule has 1 rings (SSSR count). The summed E-state index contributed by atoms with van der Waals surface area (Å²) in [5.41, 5.74) is 0.257. The lowest BCUT2D eigenvalue weighted by Gasteiger charge is -2.33. The smallest absolute Gasteiger partial charge is 0.167 e. The summed E-state index contributed by atoms with van der Waals surface area (Å²) in [7, 11) is 0. The average Bonchev–Trinajstić information content (AvgIpc) is 2.09. The van der Waals surface area contributed by atoms with Crippen LogP contribution in [0.4, 0.5) is 0 Å². The molecule has 0 bridgehead atoms. The van der Waals surface area contributed by atoms with Gasteiger partial charge in [0.25, 0.3) is 0 Å². The van der Waals surface area contributed by atoms with E-state index in [4.69, 9.17) is 0 Å². The molecule has 0 aliphatic heterocycles. The van der Waals surface area contributed by atoms with Gasteiger partial charge in [-0.05, 0) is 18.6 Å². The van der Waals surface area contributed by atoms with Gasteiger partial charge in [0.05, 0.1) is 0 Å². The van der Waals surface area contributed by atoms with Crippen LogP contribution in [0.15, 0.2) is 11.3 Å². The highest BCUT2D eigenvalue weighted by Gasteiger charge is 2.38. The lowest BCUT2D eigenvalue weighted by Crippen LogP contribution is -2.34. The molecule has 0 aromatic rings. The van der Waals surface area contributed by atoms with Crippen LogP contribution < -0.4 is 0 Å². The van der Waals surface area contributed by atoms with Crippen LogP contribution in [0.25, 0.3) is 0 Å². The third-order valence-corrected chi connectivity index (χ3v) is 3.07. The number of hydrogen-bond donors (Lipinski definition) is 2. The summed E-state index contributed by atoms with van der Waals surface area (Å²) >= 11 is 4.10. The maximum atomic E-state index is 11.9. The Balaban J connectivity index is 3.06. The molecule has 80 valence electrons. The fourth-order valence-corrected chi connectivity index (χ4v) is 2.35. The molecule has 0 saturated heterocycles. The highest BCUT2D eigenvalue weighted by Crippen LogP contribution is 2.39. The van der Waals surface area contributed by atoms with Gasteiger partial charge in [0.1, 0.15) is 5.76 Å². The van der Waals surface area contributed by atoms with Gasteiger partial charge >= 0.3 is 0 Å². The third-order valence-electron chi connectivity index (χ3n) is 2.84. The van der Waals surface area contributed by atoms with Crippen LogP contribution in [-0.4, -0.2) is 16.6 Å². The van der Waals surface area contributed by atoms with E-state index in [0.29, 0.717) is 17.7 Å². The number of Topliss-reactive ketones (excluding diaryl/α,β-unsaturated/α-hetero) is 1. The van der Waals surface area contributed by atoms with E-state index in [-0.39, 0.29) is 22.9 Å². The molecule has 1 unspecified atom stereocenters. The number of aliphatic hydroxyl groups excluding tert-OH is 1. The fourth-order valence-electron chi connectivity index (χ4n) is 2.13. The Labute approximate surface area is 90.8 Å². The van der Waals surface area contributed by atoms with E-state index in [1.54, 1.807) is 0 Å². The molecule has 1 atom stereocenters. The van der Waals surface area contributed by atoms with E-state index < -0.39 is 0 Å². The summed E-state index contributed by atoms with van der Waals surface area (Å²) in [6.45, 7) is 5.84. The van der Waals surface area contributed by atoms with E-state index >= 15 is 0 Å². The second kappa shape index (κ2) is 3.97. The molecule has 0 heterocycles. The van der Waals surface area contributed by atoms with Crippen molar-refractivity contribution in [2.75, 3.05) is 5.75 Å². The topological polar surface area (TPSA) is 37.3 Å². The molecule has 0 radical (unpaired) electrons. The summed E-state index contributed by atoms with van der Waals surface area (Å²) in [5.74, 6) is 1.07. The van der Waals surface area contributed by atoms with Crippen LogP contribution >= 0.6 is 12.6 Å². The first kappa shape index (κ1) is 11.6. The second-order valence-electron chi connectivity index (χ2n) is 4.66. The van der Waals surface area contributed by atoms with Crippen LogP contribution in [-0.2, 0) is 4.79 Å². The van der Waals surface area contributed by atoms with Crippen molar-refractivity contribution in [1.29, 1.82) is 0 Å². The monoisotopic (exact) mass is 214 g/mol. The van der Waals surface area contributed by atoms with Crippen LogP contribution in [0.5, 0.6) is 0 Å². The molecule has 0 fully saturated rings. The van der Waals surface area contributed by atoms with Crippen molar-refractivity contribution >= 4 is 18.4 Å². The van der Waals surface area contributed by atoms with Crippen molar-refractivity contribution in [2.24, 2.45) is 11.3 Å². The van der Waals surface area contributed by atoms with Gasteiger partial charge < -0.3 is 5.11 Å². The second-order valence-corrected chi connectivity index (χ2v) is 5.10. The number of carbonyl (C=O) groups excluding carboxylic acids is 1. The molecule has 1 aliphatic carbocycles. The van der Waals surface area contributed by atoms with Gasteiger partial charge in [-0.25, -0.2) is 0 Å². The van der Waals surface area contributed by atoms with Crippen LogP contribution in [0.3, 0.4) is 0 Å². The number of thiol groups is 1. The molecule has 0 amide bonds. The molecule has 0 aromatic carbocycles. The molecule has 14 heavy (non-hydrogen) atoms. The van der Waals surface area contributed by atoms with Crippen LogP contribution in [0.1, 0.15) is 33.6 Å². The Morgan fingerprint density at radius 1 is 1.57 bits per heavy atom. The third kappa shape index (κ3) is 1.97. The highest BCUT2D eigenvalue weighted by atomic mass is 32.1. The van der Waals surface area contributed by atoms with E-state index in [1.165, 1.54) is 0 Å². The van der Waals surface area contributed by atoms with Gasteiger partial charge in [0.15, 0.2) is 5.78 Å². The summed E-state index contributed by atoms with van der Waals surface area (Å²) in [4.78, 5) is 11.9. The zero-order chi connectivity index (χ0) is 10.9. The Bertz CT molecular complexity index is 279. The predicted molar refractivity (Wildman–Crippen MR) is 60.7 cm³/mol. The normalized spacial score (nSPS) is 26.9. The Hall–Kier alpha value is -0.440. The molecule has 0 aromatic heterocycles. The van der Waals surface area contributed by atoms with E-state index in [0.717, 1.165) is 6.42 Å². The Kier molecular flexibility index (Phi) is 3.30. The largest absolute Gasteiger partial charge is 0.512 e. The maximum absolute atomic E-state index is 11.9. The average molecular weight is 214 g/mol. The Morgan fingerprint density at radius 2 is 2.14 bits per heavy atom. The van der Waals surface area contributed by atoms with Gasteiger partial charge in [0, 0.05) is 16.9 Å². The molecular weight excluding hydrogens is 196 g/mol. The van der Waals surface area contributed by atoms with Crippen molar-refractivity contribution in [3.05, 3.63) is 11.3 Å². The predicted octanol–water partition coefficient (Wildman–Crippen LogP) is 2.75. The number of ketones is 1. The van der Waals surface area contributed by atoms with Crippen molar-refractivity contribution in [2.45, 2.75) is 33.6 Å². The molecule has 0 spiro atoms. The summed E-state index contributed by atoms with van der Waals surface area (Å²) in [5, 5.41) is 9.80. The SMILES string of the molecule is CC1CC(C)(C)C(=O)C(CCS)=C1O. The lowest BCUT2D eigenvalue weighted by molar-refractivity contribution is -0.125. The molecule has 1 aliphatic rings. The molecule has 2 nitrogen and oxygen atoms in total. The van der Waals surface area contributed by atoms with E-state index in [1.807, 2.05) is 20.8 Å². The fraction of sp³-hybridized carbons (Fsp3) is 0.727. The van der Waals surface area contributed by atoms with Gasteiger partial charge in [-0.1, -0.05) is 20.8 Å². The molecule has 0 saturated carbocycles. The molecule has 1 N–H and O–H groups in total. The highest BCUT2D eigenvalue weighted by molar-refractivity contribution is 7.80. The quantitative estimate of drug-likeness (QED) is 0.694. The van der Waals surface area contributed by atoms with Crippen LogP contribution in [0, 0.1) is 11.3 Å². The first-order chi connectivity index (χ1) is 6.40. The summed E-state index contributed by atoms with van der Waals surface area (Å²) in [6.07, 6.45) is 1.30. The molecular formula is C11H18O2S. The molecule has 3 heteroatoms. The zero-order valence-corrected chi connectivity index (χ0v) is 9.90. The van der Waals surface area contributed by atoms with Crippen molar-refractivity contribution in [1.82, 2.24) is 0 Å². The number of hydrogen-bond acceptors (Lipinski definition) is 3. The first-order valence-corrected chi connectivity index (χ1v) is 5.61. The van der Waals surface area contributed by atoms with Gasteiger partial charge in [-0.15, -0.1) is 0 Å². The van der Waals surface area contributed by atoms with E-state index in [9.17, 15) is 9.90 Å². The van der Waals surface area contributed by atoms with Gasteiger partial charge in [-0.2, -0.15) is 12.6 Å². The zero-order valence-electron chi connectivity index (χ0n) is 9.00. The van der Waals surface area contributed by atoms with Crippen molar-refractivity contribution < 1.29 is 9.90 Å². The van der Waals surface area contributed by atoms with Crippen LogP contribution in [0.2, 0.25) is 0 Å². The maximum Gasteiger partial charge on any atom is 0.167 e. The minimum Gasteiger partial charge on any atom is -0.512 e. The number of aliphatic hydroxyl groups is 1. The van der Waals surface area contributed by atoms with Crippen molar-refractivity contribution in [3.8, 4) is 0 Å². The number of rotatable bonds is 2. The standard InChI is InChI=1S/C11H18O2S/c1-7-6-11(2,3)10(13)8(4-5-14)9(7)12/h7,12,14H,4-6H2,1-3H3. The minimum absolute atomic E-state index is 0.0853. The summed E-state index contributed by atoms with van der Waals surface area (Å²) in [6, 6.07) is 0. The van der Waals surface area contributed by atoms with E-state index in [2.05, 4.69) is 12.6 Å². The Morgan fingerprint density at radius 3 is 2.64 bits per heavy atom. The van der Waals surface area contributed by atoms with Crippen molar-refractivity contribution in [3.63, 3.8) is 0 Å². The van der Waals surface area contributed by atoms with Gasteiger partial charge in [-0.3, -0.25) is 4.79 Å². The number of carbonyl (C=O) groups is 1. The first-order valence-electron chi connectivity index (χ1n) is 4.98. The summed E-state index contributed by atoms with van der Waals surface area (Å²) < 4.78 is 0. The minimum atomic E-state index is -0.329. The lowest BCUT2D eigenvalue weighted by atomic mass is 9.71. The number of allylic oxidation sites excluding steroid dienone is 2.